The lowest BCUT2D eigenvalue weighted by molar-refractivity contribution is 1.27. The van der Waals surface area contributed by atoms with Gasteiger partial charge in [0.05, 0.1) is 17.9 Å². The van der Waals surface area contributed by atoms with Crippen molar-refractivity contribution in [3.05, 3.63) is 18.6 Å². The summed E-state index contributed by atoms with van der Waals surface area (Å²) in [7, 11) is 0. The molecule has 0 spiro atoms. The molecular weight excluding hydrogens is 206 g/mol. The van der Waals surface area contributed by atoms with Gasteiger partial charge in [0.2, 0.25) is 5.78 Å². The minimum atomic E-state index is 0.716. The van der Waals surface area contributed by atoms with E-state index in [0.717, 1.165) is 10.7 Å². The van der Waals surface area contributed by atoms with E-state index >= 15 is 0 Å². The number of nitrogens with zero attached hydrogens (tertiary/aromatic N) is 5. The Morgan fingerprint density at radius 1 is 1.38 bits per heavy atom. The highest BCUT2D eigenvalue weighted by Gasteiger charge is 2.08. The summed E-state index contributed by atoms with van der Waals surface area (Å²) >= 11 is 2.69. The van der Waals surface area contributed by atoms with Gasteiger partial charge >= 0.3 is 0 Å². The zero-order valence-corrected chi connectivity index (χ0v) is 7.92. The summed E-state index contributed by atoms with van der Waals surface area (Å²) in [5, 5.41) is 0.858. The molecule has 0 saturated heterocycles. The standard InChI is InChI=1S/C6H3N5S2/c1-2-11-6(7-1)9-5(12-11)4-3-8-13-10-4/h1-3H. The van der Waals surface area contributed by atoms with E-state index in [4.69, 9.17) is 0 Å². The molecule has 0 aliphatic rings. The molecule has 0 N–H and O–H groups in total. The van der Waals surface area contributed by atoms with Gasteiger partial charge < -0.3 is 0 Å². The number of hydrogen-bond acceptors (Lipinski definition) is 6. The van der Waals surface area contributed by atoms with Crippen LogP contribution in [0, 0.1) is 0 Å². The van der Waals surface area contributed by atoms with Crippen molar-refractivity contribution in [1.29, 1.82) is 0 Å². The molecule has 5 nitrogen and oxygen atoms in total. The normalized spacial score (nSPS) is 11.1. The van der Waals surface area contributed by atoms with Crippen LogP contribution in [0.5, 0.6) is 0 Å². The first kappa shape index (κ1) is 7.10. The number of fused-ring (bicyclic) bond motifs is 1. The Labute approximate surface area is 81.2 Å². The summed E-state index contributed by atoms with van der Waals surface area (Å²) in [4.78, 5) is 8.36. The quantitative estimate of drug-likeness (QED) is 0.606. The summed E-state index contributed by atoms with van der Waals surface area (Å²) in [6.07, 6.45) is 5.31. The molecule has 0 fully saturated rings. The first-order valence-electron chi connectivity index (χ1n) is 3.52. The van der Waals surface area contributed by atoms with E-state index in [1.165, 1.54) is 23.3 Å². The van der Waals surface area contributed by atoms with Crippen LogP contribution in [-0.2, 0) is 0 Å². The van der Waals surface area contributed by atoms with Crippen LogP contribution >= 0.6 is 23.3 Å². The van der Waals surface area contributed by atoms with E-state index in [-0.39, 0.29) is 0 Å². The molecule has 0 amide bonds. The topological polar surface area (TPSA) is 56.0 Å². The Morgan fingerprint density at radius 3 is 3.15 bits per heavy atom. The van der Waals surface area contributed by atoms with Crippen LogP contribution in [-0.4, -0.2) is 22.5 Å². The zero-order valence-electron chi connectivity index (χ0n) is 6.28. The van der Waals surface area contributed by atoms with Crippen molar-refractivity contribution in [3.8, 4) is 10.7 Å². The first-order valence-corrected chi connectivity index (χ1v) is 5.02. The van der Waals surface area contributed by atoms with Gasteiger partial charge in [0.15, 0.2) is 5.01 Å². The monoisotopic (exact) mass is 209 g/mol. The van der Waals surface area contributed by atoms with E-state index in [0.29, 0.717) is 5.78 Å². The average Bonchev–Trinajstić information content (AvgIpc) is 2.78. The molecular formula is C6H3N5S2. The maximum Gasteiger partial charge on any atom is 0.244 e. The molecule has 0 aliphatic heterocycles. The Hall–Kier alpha value is -1.34. The maximum atomic E-state index is 4.29. The molecule has 0 aromatic carbocycles. The fraction of sp³-hybridized carbons (Fsp3) is 0. The van der Waals surface area contributed by atoms with Gasteiger partial charge in [0.1, 0.15) is 5.69 Å². The van der Waals surface area contributed by atoms with E-state index in [1.807, 2.05) is 9.99 Å². The van der Waals surface area contributed by atoms with Crippen LogP contribution in [0.2, 0.25) is 0 Å². The van der Waals surface area contributed by atoms with Gasteiger partial charge in [-0.2, -0.15) is 13.7 Å². The molecule has 0 saturated carbocycles. The summed E-state index contributed by atoms with van der Waals surface area (Å²) in [5.74, 6) is 0.716. The van der Waals surface area contributed by atoms with Crippen molar-refractivity contribution in [3.63, 3.8) is 0 Å². The van der Waals surface area contributed by atoms with Gasteiger partial charge in [-0.25, -0.2) is 8.77 Å². The average molecular weight is 209 g/mol. The van der Waals surface area contributed by atoms with Gasteiger partial charge in [-0.05, 0) is 11.5 Å². The summed E-state index contributed by atoms with van der Waals surface area (Å²) < 4.78 is 9.92. The second-order valence-electron chi connectivity index (χ2n) is 2.35. The predicted octanol–water partition coefficient (Wildman–Crippen LogP) is 1.31. The molecule has 0 unspecified atom stereocenters. The van der Waals surface area contributed by atoms with Gasteiger partial charge in [-0.3, -0.25) is 0 Å². The lowest BCUT2D eigenvalue weighted by atomic mass is 10.5. The largest absolute Gasteiger partial charge is 0.244 e. The van der Waals surface area contributed by atoms with Crippen LogP contribution in [0.3, 0.4) is 0 Å². The van der Waals surface area contributed by atoms with Gasteiger partial charge in [-0.15, -0.1) is 0 Å². The number of hydrogen-bond donors (Lipinski definition) is 0. The Kier molecular flexibility index (Phi) is 1.41. The molecule has 0 aliphatic carbocycles. The molecule has 0 atom stereocenters. The SMILES string of the molecule is c1cn2sc(-c3cnsn3)nc2n1. The van der Waals surface area contributed by atoms with Crippen molar-refractivity contribution >= 4 is 29.0 Å². The molecule has 7 heteroatoms. The Morgan fingerprint density at radius 2 is 2.38 bits per heavy atom. The highest BCUT2D eigenvalue weighted by atomic mass is 32.1. The molecule has 64 valence electrons. The molecule has 3 rings (SSSR count). The van der Waals surface area contributed by atoms with Crippen LogP contribution < -0.4 is 0 Å². The summed E-state index contributed by atoms with van der Waals surface area (Å²) in [6.45, 7) is 0. The van der Waals surface area contributed by atoms with E-state index < -0.39 is 0 Å². The van der Waals surface area contributed by atoms with Crippen LogP contribution in [0.15, 0.2) is 18.6 Å². The Bertz CT molecular complexity index is 493. The third kappa shape index (κ3) is 1.04. The van der Waals surface area contributed by atoms with Crippen LogP contribution in [0.25, 0.3) is 16.5 Å². The van der Waals surface area contributed by atoms with E-state index in [2.05, 4.69) is 18.7 Å². The lowest BCUT2D eigenvalue weighted by Gasteiger charge is -1.80. The smallest absolute Gasteiger partial charge is 0.237 e. The molecule has 3 aromatic heterocycles. The molecule has 3 heterocycles. The summed E-state index contributed by atoms with van der Waals surface area (Å²) in [5.41, 5.74) is 0.820. The van der Waals surface area contributed by atoms with Crippen molar-refractivity contribution in [2.45, 2.75) is 0 Å². The van der Waals surface area contributed by atoms with Gasteiger partial charge in [0, 0.05) is 12.4 Å². The van der Waals surface area contributed by atoms with Crippen molar-refractivity contribution in [2.75, 3.05) is 0 Å². The minimum Gasteiger partial charge on any atom is -0.237 e. The Balaban J connectivity index is 2.23. The van der Waals surface area contributed by atoms with E-state index in [9.17, 15) is 0 Å². The molecule has 0 bridgehead atoms. The van der Waals surface area contributed by atoms with E-state index in [1.54, 1.807) is 12.4 Å². The minimum absolute atomic E-state index is 0.716. The van der Waals surface area contributed by atoms with Gasteiger partial charge in [-0.1, -0.05) is 0 Å². The molecule has 13 heavy (non-hydrogen) atoms. The summed E-state index contributed by atoms with van der Waals surface area (Å²) in [6, 6.07) is 0. The number of aromatic nitrogens is 5. The van der Waals surface area contributed by atoms with Crippen LogP contribution in [0.1, 0.15) is 0 Å². The number of rotatable bonds is 1. The second-order valence-corrected chi connectivity index (χ2v) is 3.87. The third-order valence-corrected chi connectivity index (χ3v) is 2.99. The molecule has 3 aromatic rings. The highest BCUT2D eigenvalue weighted by molar-refractivity contribution is 7.10. The highest BCUT2D eigenvalue weighted by Crippen LogP contribution is 2.21. The maximum absolute atomic E-state index is 4.29. The zero-order chi connectivity index (χ0) is 8.67. The first-order chi connectivity index (χ1) is 6.43. The fourth-order valence-electron chi connectivity index (χ4n) is 1.00. The van der Waals surface area contributed by atoms with Crippen molar-refractivity contribution in [2.24, 2.45) is 0 Å². The third-order valence-electron chi connectivity index (χ3n) is 1.56. The lowest BCUT2D eigenvalue weighted by Crippen LogP contribution is -1.73. The van der Waals surface area contributed by atoms with Gasteiger partial charge in [0.25, 0.3) is 0 Å². The van der Waals surface area contributed by atoms with Crippen molar-refractivity contribution < 1.29 is 0 Å². The second kappa shape index (κ2) is 2.57. The number of imidazole rings is 1. The predicted molar refractivity (Wildman–Crippen MR) is 49.8 cm³/mol. The molecule has 0 radical (unpaired) electrons. The van der Waals surface area contributed by atoms with Crippen LogP contribution in [0.4, 0.5) is 0 Å². The van der Waals surface area contributed by atoms with Crippen molar-refractivity contribution in [1.82, 2.24) is 22.5 Å². The fourth-order valence-corrected chi connectivity index (χ4v) is 2.26.